The van der Waals surface area contributed by atoms with Crippen molar-refractivity contribution < 1.29 is 14.6 Å². The van der Waals surface area contributed by atoms with Crippen molar-refractivity contribution in [3.63, 3.8) is 0 Å². The van der Waals surface area contributed by atoms with Gasteiger partial charge in [0, 0.05) is 12.0 Å². The van der Waals surface area contributed by atoms with Gasteiger partial charge in [0.1, 0.15) is 11.3 Å². The van der Waals surface area contributed by atoms with Gasteiger partial charge < -0.3 is 9.84 Å². The molecular formula is C18H18N4O3S. The molecule has 7 nitrogen and oxygen atoms in total. The van der Waals surface area contributed by atoms with Crippen LogP contribution in [0.2, 0.25) is 0 Å². The van der Waals surface area contributed by atoms with Crippen LogP contribution in [0.3, 0.4) is 0 Å². The highest BCUT2D eigenvalue weighted by Crippen LogP contribution is 2.37. The lowest BCUT2D eigenvalue weighted by Crippen LogP contribution is -2.26. The Morgan fingerprint density at radius 3 is 2.81 bits per heavy atom. The second-order valence-electron chi connectivity index (χ2n) is 6.43. The number of carbonyl (C=O) groups is 1. The molecule has 1 aromatic carbocycles. The molecule has 2 aromatic heterocycles. The standard InChI is InChI=1S/C18H18N4O3S/c1-11-19-13(10-26-11)15-20-17(18(2)8-5-9-25-18)22(21-15)14-7-4-3-6-12(14)16(23)24/h3-4,6-7,10H,5,8-9H2,1-2H3,(H,23,24). The Kier molecular flexibility index (Phi) is 4.08. The number of benzene rings is 1. The van der Waals surface area contributed by atoms with Gasteiger partial charge in [-0.2, -0.15) is 0 Å². The second-order valence-corrected chi connectivity index (χ2v) is 7.49. The molecule has 1 aliphatic rings. The zero-order valence-corrected chi connectivity index (χ0v) is 15.3. The van der Waals surface area contributed by atoms with Crippen molar-refractivity contribution in [1.29, 1.82) is 0 Å². The molecule has 1 saturated heterocycles. The lowest BCUT2D eigenvalue weighted by atomic mass is 10.0. The van der Waals surface area contributed by atoms with Gasteiger partial charge in [0.15, 0.2) is 5.82 Å². The fourth-order valence-corrected chi connectivity index (χ4v) is 3.78. The van der Waals surface area contributed by atoms with Gasteiger partial charge in [-0.15, -0.1) is 16.4 Å². The Morgan fingerprint density at radius 1 is 1.35 bits per heavy atom. The van der Waals surface area contributed by atoms with Crippen molar-refractivity contribution >= 4 is 17.3 Å². The largest absolute Gasteiger partial charge is 0.478 e. The number of aryl methyl sites for hydroxylation is 1. The number of para-hydroxylation sites is 1. The van der Waals surface area contributed by atoms with Crippen molar-refractivity contribution in [2.45, 2.75) is 32.3 Å². The minimum atomic E-state index is -1.01. The summed E-state index contributed by atoms with van der Waals surface area (Å²) in [7, 11) is 0. The van der Waals surface area contributed by atoms with Crippen molar-refractivity contribution in [2.75, 3.05) is 6.61 Å². The number of ether oxygens (including phenoxy) is 1. The first-order chi connectivity index (χ1) is 12.5. The van der Waals surface area contributed by atoms with Gasteiger partial charge in [-0.3, -0.25) is 0 Å². The number of thiazole rings is 1. The maximum absolute atomic E-state index is 11.7. The monoisotopic (exact) mass is 370 g/mol. The minimum absolute atomic E-state index is 0.168. The van der Waals surface area contributed by atoms with Gasteiger partial charge in [0.25, 0.3) is 0 Å². The molecule has 1 fully saturated rings. The van der Waals surface area contributed by atoms with Gasteiger partial charge in [-0.05, 0) is 38.8 Å². The van der Waals surface area contributed by atoms with E-state index in [1.54, 1.807) is 28.9 Å². The molecule has 0 spiro atoms. The Morgan fingerprint density at radius 2 is 2.15 bits per heavy atom. The summed E-state index contributed by atoms with van der Waals surface area (Å²) in [5, 5.41) is 17.0. The Labute approximate surface area is 154 Å². The summed E-state index contributed by atoms with van der Waals surface area (Å²) in [5.74, 6) is 0.0659. The highest BCUT2D eigenvalue weighted by atomic mass is 32.1. The van der Waals surface area contributed by atoms with Gasteiger partial charge in [0.2, 0.25) is 5.82 Å². The third-order valence-electron chi connectivity index (χ3n) is 4.51. The minimum Gasteiger partial charge on any atom is -0.478 e. The Balaban J connectivity index is 1.93. The van der Waals surface area contributed by atoms with Gasteiger partial charge in [-0.1, -0.05) is 12.1 Å². The van der Waals surface area contributed by atoms with Crippen molar-refractivity contribution in [2.24, 2.45) is 0 Å². The van der Waals surface area contributed by atoms with Gasteiger partial charge in [-0.25, -0.2) is 19.4 Å². The lowest BCUT2D eigenvalue weighted by molar-refractivity contribution is 0.00762. The van der Waals surface area contributed by atoms with Crippen LogP contribution < -0.4 is 0 Å². The van der Waals surface area contributed by atoms with Crippen molar-refractivity contribution in [3.8, 4) is 17.2 Å². The van der Waals surface area contributed by atoms with E-state index in [1.807, 2.05) is 19.2 Å². The molecule has 1 N–H and O–H groups in total. The molecule has 1 atom stereocenters. The van der Waals surface area contributed by atoms with E-state index in [4.69, 9.17) is 9.72 Å². The highest BCUT2D eigenvalue weighted by molar-refractivity contribution is 7.09. The van der Waals surface area contributed by atoms with Crippen LogP contribution in [-0.2, 0) is 10.3 Å². The first-order valence-electron chi connectivity index (χ1n) is 8.35. The maximum atomic E-state index is 11.7. The molecule has 3 heterocycles. The fourth-order valence-electron chi connectivity index (χ4n) is 3.19. The molecule has 0 bridgehead atoms. The Hall–Kier alpha value is -2.58. The Bertz CT molecular complexity index is 972. The first-order valence-corrected chi connectivity index (χ1v) is 9.22. The SMILES string of the molecule is Cc1nc(-c2nc(C3(C)CCCO3)n(-c3ccccc3C(=O)O)n2)cs1. The van der Waals surface area contributed by atoms with Crippen LogP contribution >= 0.6 is 11.3 Å². The number of hydrogen-bond acceptors (Lipinski definition) is 6. The summed E-state index contributed by atoms with van der Waals surface area (Å²) in [5.41, 5.74) is 0.711. The maximum Gasteiger partial charge on any atom is 0.337 e. The van der Waals surface area contributed by atoms with Crippen LogP contribution in [0.4, 0.5) is 0 Å². The molecule has 0 radical (unpaired) electrons. The van der Waals surface area contributed by atoms with Crippen LogP contribution in [-0.4, -0.2) is 37.4 Å². The zero-order chi connectivity index (χ0) is 18.3. The lowest BCUT2D eigenvalue weighted by Gasteiger charge is -2.23. The molecule has 26 heavy (non-hydrogen) atoms. The van der Waals surface area contributed by atoms with E-state index in [1.165, 1.54) is 11.3 Å². The fraction of sp³-hybridized carbons (Fsp3) is 0.333. The van der Waals surface area contributed by atoms with Crippen LogP contribution in [0.1, 0.15) is 41.0 Å². The van der Waals surface area contributed by atoms with Crippen molar-refractivity contribution in [1.82, 2.24) is 19.7 Å². The van der Waals surface area contributed by atoms with E-state index in [-0.39, 0.29) is 5.56 Å². The summed E-state index contributed by atoms with van der Waals surface area (Å²) in [4.78, 5) is 20.8. The number of carboxylic acid groups (broad SMARTS) is 1. The molecule has 3 aromatic rings. The van der Waals surface area contributed by atoms with Crippen LogP contribution in [0.5, 0.6) is 0 Å². The summed E-state index contributed by atoms with van der Waals surface area (Å²) >= 11 is 1.52. The number of nitrogens with zero attached hydrogens (tertiary/aromatic N) is 4. The predicted octanol–water partition coefficient (Wildman–Crippen LogP) is 3.42. The average molecular weight is 370 g/mol. The van der Waals surface area contributed by atoms with Gasteiger partial charge >= 0.3 is 5.97 Å². The highest BCUT2D eigenvalue weighted by Gasteiger charge is 2.38. The molecule has 0 aliphatic carbocycles. The molecule has 134 valence electrons. The normalized spacial score (nSPS) is 19.8. The predicted molar refractivity (Wildman–Crippen MR) is 96.7 cm³/mol. The van der Waals surface area contributed by atoms with Crippen LogP contribution in [0.15, 0.2) is 29.6 Å². The third kappa shape index (κ3) is 2.81. The molecule has 8 heteroatoms. The van der Waals surface area contributed by atoms with Crippen LogP contribution in [0, 0.1) is 6.92 Å². The number of hydrogen-bond donors (Lipinski definition) is 1. The van der Waals surface area contributed by atoms with E-state index >= 15 is 0 Å². The first kappa shape index (κ1) is 16.9. The number of aromatic carboxylic acids is 1. The summed E-state index contributed by atoms with van der Waals surface area (Å²) in [6, 6.07) is 6.78. The average Bonchev–Trinajstić information content (AvgIpc) is 3.34. The quantitative estimate of drug-likeness (QED) is 0.757. The molecule has 0 amide bonds. The molecule has 1 aliphatic heterocycles. The third-order valence-corrected chi connectivity index (χ3v) is 5.28. The number of aromatic nitrogens is 4. The van der Waals surface area contributed by atoms with E-state index in [0.717, 1.165) is 17.8 Å². The topological polar surface area (TPSA) is 90.1 Å². The van der Waals surface area contributed by atoms with Crippen molar-refractivity contribution in [3.05, 3.63) is 46.0 Å². The zero-order valence-electron chi connectivity index (χ0n) is 14.5. The molecule has 1 unspecified atom stereocenters. The van der Waals surface area contributed by atoms with E-state index in [0.29, 0.717) is 29.6 Å². The smallest absolute Gasteiger partial charge is 0.337 e. The summed E-state index contributed by atoms with van der Waals surface area (Å²) in [6.45, 7) is 4.54. The van der Waals surface area contributed by atoms with Gasteiger partial charge in [0.05, 0.1) is 16.3 Å². The second kappa shape index (κ2) is 6.30. The summed E-state index contributed by atoms with van der Waals surface area (Å²) < 4.78 is 7.55. The number of carboxylic acids is 1. The van der Waals surface area contributed by atoms with E-state index < -0.39 is 11.6 Å². The molecular weight excluding hydrogens is 352 g/mol. The van der Waals surface area contributed by atoms with E-state index in [9.17, 15) is 9.90 Å². The van der Waals surface area contributed by atoms with E-state index in [2.05, 4.69) is 10.1 Å². The number of rotatable bonds is 4. The summed E-state index contributed by atoms with van der Waals surface area (Å²) in [6.07, 6.45) is 1.73. The molecule has 0 saturated carbocycles. The molecule has 4 rings (SSSR count). The van der Waals surface area contributed by atoms with Crippen LogP contribution in [0.25, 0.3) is 17.2 Å².